The second-order valence-corrected chi connectivity index (χ2v) is 3.13. The summed E-state index contributed by atoms with van der Waals surface area (Å²) in [6.07, 6.45) is 2.67. The quantitative estimate of drug-likeness (QED) is 0.881. The average Bonchev–Trinajstić information content (AvgIpc) is 2.29. The van der Waals surface area contributed by atoms with Gasteiger partial charge >= 0.3 is 6.61 Å². The Morgan fingerprint density at radius 2 is 2.00 bits per heavy atom. The third-order valence-corrected chi connectivity index (χ3v) is 1.92. The van der Waals surface area contributed by atoms with Crippen molar-refractivity contribution in [3.8, 4) is 17.0 Å². The number of halogens is 2. The normalized spacial score (nSPS) is 10.5. The molecule has 0 bridgehead atoms. The molecule has 0 spiro atoms. The van der Waals surface area contributed by atoms with Crippen molar-refractivity contribution in [2.45, 2.75) is 6.61 Å². The number of pyridine rings is 1. The van der Waals surface area contributed by atoms with Crippen LogP contribution in [0.25, 0.3) is 11.3 Å². The summed E-state index contributed by atoms with van der Waals surface area (Å²) in [6.45, 7) is -2.88. The Balaban J connectivity index is 2.29. The number of nitrogens with zero attached hydrogens (tertiary/aromatic N) is 3. The van der Waals surface area contributed by atoms with Crippen LogP contribution < -0.4 is 10.5 Å². The first-order chi connectivity index (χ1) is 8.15. The van der Waals surface area contributed by atoms with E-state index < -0.39 is 6.61 Å². The highest BCUT2D eigenvalue weighted by atomic mass is 19.3. The molecule has 7 heteroatoms. The van der Waals surface area contributed by atoms with E-state index >= 15 is 0 Å². The molecule has 17 heavy (non-hydrogen) atoms. The second kappa shape index (κ2) is 4.69. The summed E-state index contributed by atoms with van der Waals surface area (Å²) in [7, 11) is 0. The number of aromatic nitrogens is 3. The lowest BCUT2D eigenvalue weighted by Crippen LogP contribution is -2.02. The topological polar surface area (TPSA) is 73.9 Å². The van der Waals surface area contributed by atoms with Crippen molar-refractivity contribution in [1.29, 1.82) is 0 Å². The molecule has 2 aromatic rings. The molecule has 0 aliphatic rings. The van der Waals surface area contributed by atoms with E-state index in [0.717, 1.165) is 0 Å². The van der Waals surface area contributed by atoms with Gasteiger partial charge in [-0.25, -0.2) is 0 Å². The van der Waals surface area contributed by atoms with Gasteiger partial charge in [0.2, 0.25) is 0 Å². The van der Waals surface area contributed by atoms with E-state index in [2.05, 4.69) is 19.9 Å². The van der Waals surface area contributed by atoms with Crippen molar-refractivity contribution in [2.75, 3.05) is 5.73 Å². The summed E-state index contributed by atoms with van der Waals surface area (Å²) >= 11 is 0. The number of hydrogen-bond donors (Lipinski definition) is 1. The molecule has 0 saturated heterocycles. The lowest BCUT2D eigenvalue weighted by atomic mass is 10.2. The zero-order valence-electron chi connectivity index (χ0n) is 8.55. The van der Waals surface area contributed by atoms with Gasteiger partial charge in [0.05, 0.1) is 11.9 Å². The fraction of sp³-hybridized carbons (Fsp3) is 0.100. The molecule has 0 saturated carbocycles. The van der Waals surface area contributed by atoms with Gasteiger partial charge in [-0.2, -0.15) is 8.78 Å². The Morgan fingerprint density at radius 1 is 1.18 bits per heavy atom. The maximum atomic E-state index is 12.0. The molecule has 0 aliphatic carbocycles. The largest absolute Gasteiger partial charge is 0.433 e. The van der Waals surface area contributed by atoms with Gasteiger partial charge in [-0.05, 0) is 18.2 Å². The minimum atomic E-state index is -2.88. The highest BCUT2D eigenvalue weighted by Gasteiger charge is 2.07. The van der Waals surface area contributed by atoms with Gasteiger partial charge < -0.3 is 10.5 Å². The molecule has 0 amide bonds. The van der Waals surface area contributed by atoms with Crippen molar-refractivity contribution in [2.24, 2.45) is 0 Å². The molecule has 2 rings (SSSR count). The Bertz CT molecular complexity index is 504. The Morgan fingerprint density at radius 3 is 2.65 bits per heavy atom. The van der Waals surface area contributed by atoms with Crippen molar-refractivity contribution in [3.63, 3.8) is 0 Å². The van der Waals surface area contributed by atoms with Crippen molar-refractivity contribution < 1.29 is 13.5 Å². The number of alkyl halides is 2. The maximum absolute atomic E-state index is 12.0. The number of nitrogens with two attached hydrogens (primary N) is 1. The zero-order chi connectivity index (χ0) is 12.3. The van der Waals surface area contributed by atoms with E-state index in [9.17, 15) is 8.78 Å². The molecule has 0 atom stereocenters. The van der Waals surface area contributed by atoms with Crippen LogP contribution in [0.3, 0.4) is 0 Å². The molecule has 0 fully saturated rings. The Labute approximate surface area is 95.3 Å². The predicted octanol–water partition coefficient (Wildman–Crippen LogP) is 1.72. The number of rotatable bonds is 3. The lowest BCUT2D eigenvalue weighted by molar-refractivity contribution is -0.0500. The highest BCUT2D eigenvalue weighted by molar-refractivity contribution is 5.59. The summed E-state index contributed by atoms with van der Waals surface area (Å²) in [6, 6.07) is 4.58. The lowest BCUT2D eigenvalue weighted by Gasteiger charge is -2.05. The Kier molecular flexibility index (Phi) is 3.08. The van der Waals surface area contributed by atoms with Gasteiger partial charge in [-0.3, -0.25) is 4.98 Å². The molecule has 0 unspecified atom stereocenters. The predicted molar refractivity (Wildman–Crippen MR) is 56.3 cm³/mol. The molecule has 0 aromatic carbocycles. The molecule has 0 radical (unpaired) electrons. The zero-order valence-corrected chi connectivity index (χ0v) is 8.55. The van der Waals surface area contributed by atoms with E-state index in [1.54, 1.807) is 12.1 Å². The third kappa shape index (κ3) is 2.83. The van der Waals surface area contributed by atoms with Crippen molar-refractivity contribution in [1.82, 2.24) is 15.2 Å². The van der Waals surface area contributed by atoms with Crippen LogP contribution in [0.5, 0.6) is 5.75 Å². The summed E-state index contributed by atoms with van der Waals surface area (Å²) in [4.78, 5) is 3.78. The third-order valence-electron chi connectivity index (χ3n) is 1.92. The van der Waals surface area contributed by atoms with Gasteiger partial charge in [0.1, 0.15) is 11.6 Å². The fourth-order valence-corrected chi connectivity index (χ4v) is 1.22. The van der Waals surface area contributed by atoms with Crippen LogP contribution in [0.1, 0.15) is 0 Å². The van der Waals surface area contributed by atoms with Crippen LogP contribution in [0, 0.1) is 0 Å². The van der Waals surface area contributed by atoms with Crippen LogP contribution in [0.15, 0.2) is 30.6 Å². The van der Waals surface area contributed by atoms with E-state index in [-0.39, 0.29) is 11.6 Å². The number of hydrogen-bond acceptors (Lipinski definition) is 5. The summed E-state index contributed by atoms with van der Waals surface area (Å²) in [5, 5.41) is 7.47. The summed E-state index contributed by atoms with van der Waals surface area (Å²) < 4.78 is 28.3. The van der Waals surface area contributed by atoms with Gasteiger partial charge in [0.15, 0.2) is 0 Å². The molecule has 2 heterocycles. The van der Waals surface area contributed by atoms with Gasteiger partial charge in [0.25, 0.3) is 0 Å². The molecule has 0 aliphatic heterocycles. The molecule has 88 valence electrons. The molecule has 2 aromatic heterocycles. The first-order valence-electron chi connectivity index (χ1n) is 4.64. The number of ether oxygens (including phenoxy) is 1. The Hall–Kier alpha value is -2.31. The smallest absolute Gasteiger partial charge is 0.387 e. The minimum absolute atomic E-state index is 0.0314. The molecule has 2 N–H and O–H groups in total. The van der Waals surface area contributed by atoms with Crippen LogP contribution in [0.4, 0.5) is 14.6 Å². The van der Waals surface area contributed by atoms with Crippen LogP contribution in [-0.4, -0.2) is 21.8 Å². The number of anilines is 1. The number of nitrogen functional groups attached to an aromatic ring is 1. The fourth-order valence-electron chi connectivity index (χ4n) is 1.22. The van der Waals surface area contributed by atoms with Gasteiger partial charge in [-0.1, -0.05) is 0 Å². The maximum Gasteiger partial charge on any atom is 0.387 e. The first-order valence-corrected chi connectivity index (χ1v) is 4.64. The van der Waals surface area contributed by atoms with E-state index in [1.165, 1.54) is 18.5 Å². The monoisotopic (exact) mass is 238 g/mol. The van der Waals surface area contributed by atoms with Crippen LogP contribution >= 0.6 is 0 Å². The molecular weight excluding hydrogens is 230 g/mol. The SMILES string of the molecule is Nc1ccc(-c2cncc(OC(F)F)c2)nn1. The molecular formula is C10H8F2N4O. The second-order valence-electron chi connectivity index (χ2n) is 3.13. The standard InChI is InChI=1S/C10H8F2N4O/c11-10(12)17-7-3-6(4-14-5-7)8-1-2-9(13)16-15-8/h1-5,10H,(H2,13,16). The first kappa shape index (κ1) is 11.2. The molecule has 5 nitrogen and oxygen atoms in total. The minimum Gasteiger partial charge on any atom is -0.433 e. The van der Waals surface area contributed by atoms with Crippen molar-refractivity contribution in [3.05, 3.63) is 30.6 Å². The van der Waals surface area contributed by atoms with Crippen LogP contribution in [-0.2, 0) is 0 Å². The van der Waals surface area contributed by atoms with E-state index in [1.807, 2.05) is 0 Å². The van der Waals surface area contributed by atoms with E-state index in [4.69, 9.17) is 5.73 Å². The highest BCUT2D eigenvalue weighted by Crippen LogP contribution is 2.21. The van der Waals surface area contributed by atoms with E-state index in [0.29, 0.717) is 11.3 Å². The van der Waals surface area contributed by atoms with Gasteiger partial charge in [-0.15, -0.1) is 10.2 Å². The van der Waals surface area contributed by atoms with Crippen LogP contribution in [0.2, 0.25) is 0 Å². The summed E-state index contributed by atoms with van der Waals surface area (Å²) in [5.74, 6) is 0.248. The average molecular weight is 238 g/mol. The van der Waals surface area contributed by atoms with Crippen molar-refractivity contribution >= 4 is 5.82 Å². The summed E-state index contributed by atoms with van der Waals surface area (Å²) in [5.41, 5.74) is 6.39. The van der Waals surface area contributed by atoms with Gasteiger partial charge in [0, 0.05) is 11.8 Å².